The predicted octanol–water partition coefficient (Wildman–Crippen LogP) is 2.44. The molecule has 1 unspecified atom stereocenters. The highest BCUT2D eigenvalue weighted by atomic mass is 19.1. The third kappa shape index (κ3) is 2.58. The quantitative estimate of drug-likeness (QED) is 0.882. The lowest BCUT2D eigenvalue weighted by Crippen LogP contribution is -2.39. The van der Waals surface area contributed by atoms with E-state index >= 15 is 0 Å². The van der Waals surface area contributed by atoms with E-state index in [-0.39, 0.29) is 5.82 Å². The fraction of sp³-hybridized carbons (Fsp3) is 0.538. The van der Waals surface area contributed by atoms with Crippen LogP contribution in [-0.2, 0) is 4.74 Å². The van der Waals surface area contributed by atoms with Crippen molar-refractivity contribution in [2.24, 2.45) is 0 Å². The first kappa shape index (κ1) is 12.3. The topological polar surface area (TPSA) is 38.7 Å². The molecule has 4 heteroatoms. The molecule has 0 radical (unpaired) electrons. The first-order chi connectivity index (χ1) is 8.04. The number of hydrogen-bond acceptors (Lipinski definition) is 3. The molecule has 0 fully saturated rings. The van der Waals surface area contributed by atoms with Gasteiger partial charge in [0.1, 0.15) is 17.2 Å². The Morgan fingerprint density at radius 1 is 1.59 bits per heavy atom. The fourth-order valence-electron chi connectivity index (χ4n) is 2.17. The highest BCUT2D eigenvalue weighted by Crippen LogP contribution is 2.41. The molecule has 0 aromatic heterocycles. The van der Waals surface area contributed by atoms with Gasteiger partial charge in [-0.25, -0.2) is 4.39 Å². The SMILES string of the molecule is COCCC1(C)C[C@@H](O)c2cc(F)ccc2O1. The number of benzene rings is 1. The molecule has 94 valence electrons. The summed E-state index contributed by atoms with van der Waals surface area (Å²) in [6.07, 6.45) is 0.459. The number of fused-ring (bicyclic) bond motifs is 1. The summed E-state index contributed by atoms with van der Waals surface area (Å²) in [7, 11) is 1.63. The lowest BCUT2D eigenvalue weighted by molar-refractivity contribution is -0.0204. The number of rotatable bonds is 3. The first-order valence-electron chi connectivity index (χ1n) is 5.69. The Bertz CT molecular complexity index is 408. The summed E-state index contributed by atoms with van der Waals surface area (Å²) in [5.74, 6) is 0.204. The minimum Gasteiger partial charge on any atom is -0.487 e. The van der Waals surface area contributed by atoms with Crippen LogP contribution in [0.25, 0.3) is 0 Å². The second-order valence-electron chi connectivity index (χ2n) is 4.70. The van der Waals surface area contributed by atoms with E-state index in [2.05, 4.69) is 0 Å². The van der Waals surface area contributed by atoms with Gasteiger partial charge < -0.3 is 14.6 Å². The van der Waals surface area contributed by atoms with Gasteiger partial charge in [-0.2, -0.15) is 0 Å². The van der Waals surface area contributed by atoms with Crippen molar-refractivity contribution >= 4 is 0 Å². The number of aliphatic hydroxyl groups excluding tert-OH is 1. The first-order valence-corrected chi connectivity index (χ1v) is 5.69. The average Bonchev–Trinajstić information content (AvgIpc) is 2.28. The highest BCUT2D eigenvalue weighted by Gasteiger charge is 2.36. The molecule has 1 aromatic carbocycles. The molecule has 0 bridgehead atoms. The highest BCUT2D eigenvalue weighted by molar-refractivity contribution is 5.38. The lowest BCUT2D eigenvalue weighted by atomic mass is 9.88. The molecule has 0 saturated carbocycles. The Morgan fingerprint density at radius 3 is 3.06 bits per heavy atom. The van der Waals surface area contributed by atoms with Crippen molar-refractivity contribution in [1.82, 2.24) is 0 Å². The second-order valence-corrected chi connectivity index (χ2v) is 4.70. The van der Waals surface area contributed by atoms with Crippen LogP contribution in [0.2, 0.25) is 0 Å². The zero-order valence-corrected chi connectivity index (χ0v) is 10.1. The van der Waals surface area contributed by atoms with Gasteiger partial charge >= 0.3 is 0 Å². The standard InChI is InChI=1S/C13H17FO3/c1-13(5-6-16-2)8-11(15)10-7-9(14)3-4-12(10)17-13/h3-4,7,11,15H,5-6,8H2,1-2H3/t11-,13?/m1/s1. The van der Waals surface area contributed by atoms with Crippen LogP contribution in [0.1, 0.15) is 31.4 Å². The normalized spacial score (nSPS) is 27.4. The van der Waals surface area contributed by atoms with Crippen molar-refractivity contribution < 1.29 is 19.0 Å². The van der Waals surface area contributed by atoms with Crippen molar-refractivity contribution in [3.05, 3.63) is 29.6 Å². The number of hydrogen-bond donors (Lipinski definition) is 1. The number of ether oxygens (including phenoxy) is 2. The molecule has 0 aliphatic carbocycles. The maximum atomic E-state index is 13.1. The molecular formula is C13H17FO3. The van der Waals surface area contributed by atoms with Gasteiger partial charge in [0.05, 0.1) is 6.10 Å². The molecule has 1 aromatic rings. The molecule has 1 N–H and O–H groups in total. The van der Waals surface area contributed by atoms with Crippen LogP contribution in [0.4, 0.5) is 4.39 Å². The second kappa shape index (κ2) is 4.63. The summed E-state index contributed by atoms with van der Waals surface area (Å²) in [6, 6.07) is 4.24. The Hall–Kier alpha value is -1.13. The Kier molecular flexibility index (Phi) is 3.35. The number of halogens is 1. The van der Waals surface area contributed by atoms with E-state index in [1.165, 1.54) is 12.1 Å². The lowest BCUT2D eigenvalue weighted by Gasteiger charge is -2.38. The predicted molar refractivity (Wildman–Crippen MR) is 61.5 cm³/mol. The zero-order valence-electron chi connectivity index (χ0n) is 10.1. The molecule has 1 aliphatic heterocycles. The fourth-order valence-corrected chi connectivity index (χ4v) is 2.17. The van der Waals surface area contributed by atoms with Crippen molar-refractivity contribution in [2.75, 3.05) is 13.7 Å². The van der Waals surface area contributed by atoms with Gasteiger partial charge in [0, 0.05) is 32.1 Å². The van der Waals surface area contributed by atoms with Crippen LogP contribution in [-0.4, -0.2) is 24.4 Å². The monoisotopic (exact) mass is 240 g/mol. The third-order valence-corrected chi connectivity index (χ3v) is 3.15. The molecule has 0 saturated heterocycles. The van der Waals surface area contributed by atoms with Crippen molar-refractivity contribution in [3.63, 3.8) is 0 Å². The van der Waals surface area contributed by atoms with E-state index in [1.807, 2.05) is 6.92 Å². The Labute approximate surface area is 100 Å². The van der Waals surface area contributed by atoms with Crippen molar-refractivity contribution in [1.29, 1.82) is 0 Å². The van der Waals surface area contributed by atoms with Crippen molar-refractivity contribution in [2.45, 2.75) is 31.5 Å². The maximum absolute atomic E-state index is 13.1. The van der Waals surface area contributed by atoms with Crippen LogP contribution in [0.3, 0.4) is 0 Å². The van der Waals surface area contributed by atoms with Crippen molar-refractivity contribution in [3.8, 4) is 5.75 Å². The molecule has 3 nitrogen and oxygen atoms in total. The van der Waals surface area contributed by atoms with E-state index in [0.29, 0.717) is 30.8 Å². The van der Waals surface area contributed by atoms with Crippen LogP contribution in [0.5, 0.6) is 5.75 Å². The Balaban J connectivity index is 2.23. The van der Waals surface area contributed by atoms with E-state index in [9.17, 15) is 9.50 Å². The molecule has 2 atom stereocenters. The van der Waals surface area contributed by atoms with Gasteiger partial charge in [-0.1, -0.05) is 0 Å². The van der Waals surface area contributed by atoms with Crippen LogP contribution in [0.15, 0.2) is 18.2 Å². The molecule has 0 spiro atoms. The van der Waals surface area contributed by atoms with Gasteiger partial charge in [0.2, 0.25) is 0 Å². The minimum atomic E-state index is -0.684. The number of aliphatic hydroxyl groups is 1. The molecule has 1 heterocycles. The van der Waals surface area contributed by atoms with Crippen LogP contribution in [0, 0.1) is 5.82 Å². The molecule has 17 heavy (non-hydrogen) atoms. The maximum Gasteiger partial charge on any atom is 0.126 e. The summed E-state index contributed by atoms with van der Waals surface area (Å²) in [6.45, 7) is 2.50. The number of methoxy groups -OCH3 is 1. The van der Waals surface area contributed by atoms with E-state index < -0.39 is 11.7 Å². The smallest absolute Gasteiger partial charge is 0.126 e. The van der Waals surface area contributed by atoms with Gasteiger partial charge in [-0.15, -0.1) is 0 Å². The summed E-state index contributed by atoms with van der Waals surface area (Å²) in [5.41, 5.74) is 0.0696. The van der Waals surface area contributed by atoms with Gasteiger partial charge in [0.15, 0.2) is 0 Å². The van der Waals surface area contributed by atoms with E-state index in [0.717, 1.165) is 0 Å². The van der Waals surface area contributed by atoms with E-state index in [1.54, 1.807) is 13.2 Å². The van der Waals surface area contributed by atoms with Crippen LogP contribution < -0.4 is 4.74 Å². The van der Waals surface area contributed by atoms with Crippen LogP contribution >= 0.6 is 0 Å². The third-order valence-electron chi connectivity index (χ3n) is 3.15. The molecule has 2 rings (SSSR count). The van der Waals surface area contributed by atoms with Gasteiger partial charge in [-0.05, 0) is 25.1 Å². The zero-order chi connectivity index (χ0) is 12.5. The largest absolute Gasteiger partial charge is 0.487 e. The average molecular weight is 240 g/mol. The molecule has 1 aliphatic rings. The molecular weight excluding hydrogens is 223 g/mol. The summed E-state index contributed by atoms with van der Waals surface area (Å²) in [5, 5.41) is 10.0. The van der Waals surface area contributed by atoms with Gasteiger partial charge in [0.25, 0.3) is 0 Å². The summed E-state index contributed by atoms with van der Waals surface area (Å²) >= 11 is 0. The van der Waals surface area contributed by atoms with Gasteiger partial charge in [-0.3, -0.25) is 0 Å². The minimum absolute atomic E-state index is 0.355. The molecule has 0 amide bonds. The van der Waals surface area contributed by atoms with E-state index in [4.69, 9.17) is 9.47 Å². The summed E-state index contributed by atoms with van der Waals surface area (Å²) in [4.78, 5) is 0. The summed E-state index contributed by atoms with van der Waals surface area (Å²) < 4.78 is 23.9. The Morgan fingerprint density at radius 2 is 2.35 bits per heavy atom.